The van der Waals surface area contributed by atoms with Gasteiger partial charge in [0.05, 0.1) is 0 Å². The van der Waals surface area contributed by atoms with Crippen LogP contribution in [0.5, 0.6) is 0 Å². The Morgan fingerprint density at radius 1 is 1.06 bits per heavy atom. The zero-order valence-electron chi connectivity index (χ0n) is 18.2. The van der Waals surface area contributed by atoms with Crippen LogP contribution in [0.1, 0.15) is 31.2 Å². The minimum Gasteiger partial charge on any atom is -0.368 e. The molecule has 2 amide bonds. The van der Waals surface area contributed by atoms with Crippen molar-refractivity contribution in [1.82, 2.24) is 15.1 Å². The Morgan fingerprint density at radius 2 is 1.84 bits per heavy atom. The lowest BCUT2D eigenvalue weighted by atomic mass is 10.1. The second kappa shape index (κ2) is 8.86. The van der Waals surface area contributed by atoms with Crippen LogP contribution in [0.15, 0.2) is 18.2 Å². The van der Waals surface area contributed by atoms with E-state index in [0.29, 0.717) is 31.2 Å². The van der Waals surface area contributed by atoms with Crippen LogP contribution in [0, 0.1) is 6.92 Å². The van der Waals surface area contributed by atoms with Crippen molar-refractivity contribution >= 4 is 50.7 Å². The molecule has 10 heteroatoms. The highest BCUT2D eigenvalue weighted by atomic mass is 35.5. The van der Waals surface area contributed by atoms with Crippen molar-refractivity contribution < 1.29 is 9.59 Å². The molecule has 3 saturated heterocycles. The fraction of sp³-hybridized carbons (Fsp3) is 0.545. The Bertz CT molecular complexity index is 1020. The maximum Gasteiger partial charge on any atom is 0.245 e. The van der Waals surface area contributed by atoms with Crippen LogP contribution in [-0.2, 0) is 9.59 Å². The van der Waals surface area contributed by atoms with Gasteiger partial charge in [0.15, 0.2) is 0 Å². The van der Waals surface area contributed by atoms with Gasteiger partial charge in [-0.1, -0.05) is 29.0 Å². The molecule has 8 nitrogen and oxygen atoms in total. The molecule has 5 rings (SSSR count). The van der Waals surface area contributed by atoms with E-state index in [4.69, 9.17) is 11.6 Å². The SMILES string of the molecule is Cc1ccc(Cl)cc1N1CCN(C(=O)C2CCCN2c2nnc(N3CCCC3=O)s2)CC1. The second-order valence-corrected chi connectivity index (χ2v) is 9.98. The lowest BCUT2D eigenvalue weighted by Gasteiger charge is -2.38. The summed E-state index contributed by atoms with van der Waals surface area (Å²) in [5, 5.41) is 10.7. The van der Waals surface area contributed by atoms with Crippen molar-refractivity contribution in [3.8, 4) is 0 Å². The summed E-state index contributed by atoms with van der Waals surface area (Å²) in [6.07, 6.45) is 3.21. The van der Waals surface area contributed by atoms with Gasteiger partial charge in [0.25, 0.3) is 0 Å². The number of anilines is 3. The molecule has 0 N–H and O–H groups in total. The minimum absolute atomic E-state index is 0.106. The summed E-state index contributed by atoms with van der Waals surface area (Å²) < 4.78 is 0. The van der Waals surface area contributed by atoms with E-state index in [1.54, 1.807) is 4.90 Å². The van der Waals surface area contributed by atoms with Crippen LogP contribution in [0.25, 0.3) is 0 Å². The van der Waals surface area contributed by atoms with Crippen molar-refractivity contribution in [2.24, 2.45) is 0 Å². The first-order chi connectivity index (χ1) is 15.5. The molecule has 170 valence electrons. The second-order valence-electron chi connectivity index (χ2n) is 8.61. The van der Waals surface area contributed by atoms with Crippen LogP contribution < -0.4 is 14.7 Å². The quantitative estimate of drug-likeness (QED) is 0.678. The number of carbonyl (C=O) groups excluding carboxylic acids is 2. The summed E-state index contributed by atoms with van der Waals surface area (Å²) >= 11 is 7.62. The van der Waals surface area contributed by atoms with Crippen LogP contribution in [0.2, 0.25) is 5.02 Å². The maximum atomic E-state index is 13.4. The highest BCUT2D eigenvalue weighted by molar-refractivity contribution is 7.19. The Morgan fingerprint density at radius 3 is 2.59 bits per heavy atom. The number of rotatable bonds is 4. The molecule has 0 bridgehead atoms. The summed E-state index contributed by atoms with van der Waals surface area (Å²) in [5.41, 5.74) is 2.34. The van der Waals surface area contributed by atoms with Gasteiger partial charge in [-0.05, 0) is 43.9 Å². The number of amides is 2. The van der Waals surface area contributed by atoms with Crippen LogP contribution >= 0.6 is 22.9 Å². The highest BCUT2D eigenvalue weighted by Crippen LogP contribution is 2.34. The predicted octanol–water partition coefficient (Wildman–Crippen LogP) is 2.94. The molecule has 32 heavy (non-hydrogen) atoms. The van der Waals surface area contributed by atoms with Gasteiger partial charge in [-0.25, -0.2) is 0 Å². The van der Waals surface area contributed by atoms with Crippen molar-refractivity contribution in [1.29, 1.82) is 0 Å². The van der Waals surface area contributed by atoms with E-state index in [-0.39, 0.29) is 17.9 Å². The number of aromatic nitrogens is 2. The average Bonchev–Trinajstić information content (AvgIpc) is 3.55. The molecule has 4 heterocycles. The molecule has 1 aromatic carbocycles. The third kappa shape index (κ3) is 4.03. The van der Waals surface area contributed by atoms with E-state index in [1.165, 1.54) is 16.9 Å². The largest absolute Gasteiger partial charge is 0.368 e. The van der Waals surface area contributed by atoms with Gasteiger partial charge in [0, 0.05) is 56.4 Å². The third-order valence-electron chi connectivity index (χ3n) is 6.59. The molecule has 0 spiro atoms. The number of aryl methyl sites for hydroxylation is 1. The fourth-order valence-electron chi connectivity index (χ4n) is 4.84. The number of piperazine rings is 1. The van der Waals surface area contributed by atoms with E-state index in [0.717, 1.165) is 54.7 Å². The monoisotopic (exact) mass is 474 g/mol. The molecule has 1 unspecified atom stereocenters. The molecule has 3 aliphatic rings. The first kappa shape index (κ1) is 21.5. The summed E-state index contributed by atoms with van der Waals surface area (Å²) in [6, 6.07) is 5.75. The van der Waals surface area contributed by atoms with Gasteiger partial charge in [-0.15, -0.1) is 10.2 Å². The summed E-state index contributed by atoms with van der Waals surface area (Å²) in [5.74, 6) is 0.272. The zero-order chi connectivity index (χ0) is 22.2. The molecule has 0 saturated carbocycles. The van der Waals surface area contributed by atoms with Gasteiger partial charge in [-0.3, -0.25) is 14.5 Å². The van der Waals surface area contributed by atoms with Gasteiger partial charge < -0.3 is 14.7 Å². The van der Waals surface area contributed by atoms with E-state index < -0.39 is 0 Å². The summed E-state index contributed by atoms with van der Waals surface area (Å²) in [6.45, 7) is 6.55. The Hall–Kier alpha value is -2.39. The minimum atomic E-state index is -0.204. The van der Waals surface area contributed by atoms with Gasteiger partial charge in [0.1, 0.15) is 6.04 Å². The van der Waals surface area contributed by atoms with Gasteiger partial charge >= 0.3 is 0 Å². The molecular weight excluding hydrogens is 448 g/mol. The molecule has 3 aliphatic heterocycles. The average molecular weight is 475 g/mol. The molecule has 0 radical (unpaired) electrons. The predicted molar refractivity (Wildman–Crippen MR) is 127 cm³/mol. The normalized spacial score (nSPS) is 21.7. The van der Waals surface area contributed by atoms with Crippen molar-refractivity contribution in [2.45, 2.75) is 38.6 Å². The molecule has 2 aromatic rings. The molecular formula is C22H27ClN6O2S. The molecule has 1 atom stereocenters. The number of carbonyl (C=O) groups is 2. The standard InChI is InChI=1S/C22H27ClN6O2S/c1-15-6-7-16(23)14-18(15)26-10-12-27(13-11-26)20(31)17-4-2-8-28(17)21-24-25-22(32-21)29-9-3-5-19(29)30/h6-7,14,17H,2-5,8-13H2,1H3. The Balaban J connectivity index is 1.24. The third-order valence-corrected chi connectivity index (χ3v) is 7.81. The van der Waals surface area contributed by atoms with Gasteiger partial charge in [0.2, 0.25) is 22.1 Å². The zero-order valence-corrected chi connectivity index (χ0v) is 19.7. The Labute approximate surface area is 196 Å². The first-order valence-electron chi connectivity index (χ1n) is 11.2. The smallest absolute Gasteiger partial charge is 0.245 e. The summed E-state index contributed by atoms with van der Waals surface area (Å²) in [4.78, 5) is 33.5. The Kier molecular flexibility index (Phi) is 5.94. The number of hydrogen-bond acceptors (Lipinski definition) is 7. The fourth-order valence-corrected chi connectivity index (χ4v) is 5.97. The van der Waals surface area contributed by atoms with Crippen molar-refractivity contribution in [2.75, 3.05) is 54.0 Å². The molecule has 3 fully saturated rings. The van der Waals surface area contributed by atoms with Crippen LogP contribution in [0.3, 0.4) is 0 Å². The highest BCUT2D eigenvalue weighted by Gasteiger charge is 2.37. The molecule has 0 aliphatic carbocycles. The maximum absolute atomic E-state index is 13.4. The topological polar surface area (TPSA) is 72.9 Å². The lowest BCUT2D eigenvalue weighted by molar-refractivity contribution is -0.132. The van der Waals surface area contributed by atoms with Crippen LogP contribution in [-0.4, -0.2) is 72.2 Å². The number of halogens is 1. The summed E-state index contributed by atoms with van der Waals surface area (Å²) in [7, 11) is 0. The van der Waals surface area contributed by atoms with Crippen LogP contribution in [0.4, 0.5) is 16.0 Å². The van der Waals surface area contributed by atoms with E-state index >= 15 is 0 Å². The van der Waals surface area contributed by atoms with Crippen molar-refractivity contribution in [3.05, 3.63) is 28.8 Å². The number of nitrogens with zero attached hydrogens (tertiary/aromatic N) is 6. The molecule has 1 aromatic heterocycles. The first-order valence-corrected chi connectivity index (χ1v) is 12.4. The van der Waals surface area contributed by atoms with E-state index in [1.807, 2.05) is 23.1 Å². The lowest BCUT2D eigenvalue weighted by Crippen LogP contribution is -2.54. The van der Waals surface area contributed by atoms with E-state index in [9.17, 15) is 9.59 Å². The number of hydrogen-bond donors (Lipinski definition) is 0. The number of benzene rings is 1. The van der Waals surface area contributed by atoms with Crippen molar-refractivity contribution in [3.63, 3.8) is 0 Å². The van der Waals surface area contributed by atoms with Gasteiger partial charge in [-0.2, -0.15) is 0 Å². The van der Waals surface area contributed by atoms with E-state index in [2.05, 4.69) is 26.9 Å².